The summed E-state index contributed by atoms with van der Waals surface area (Å²) in [5.41, 5.74) is 1.53. The fourth-order valence-corrected chi connectivity index (χ4v) is 3.11. The third kappa shape index (κ3) is 5.28. The Labute approximate surface area is 163 Å². The summed E-state index contributed by atoms with van der Waals surface area (Å²) < 4.78 is 5.29. The van der Waals surface area contributed by atoms with Crippen molar-refractivity contribution in [2.75, 3.05) is 26.2 Å². The predicted octanol–water partition coefficient (Wildman–Crippen LogP) is 2.62. The van der Waals surface area contributed by atoms with E-state index in [9.17, 15) is 9.59 Å². The largest absolute Gasteiger partial charge is 0.449 e. The van der Waals surface area contributed by atoms with E-state index in [2.05, 4.69) is 22.0 Å². The van der Waals surface area contributed by atoms with Crippen molar-refractivity contribution < 1.29 is 14.3 Å². The molecule has 142 valence electrons. The van der Waals surface area contributed by atoms with Gasteiger partial charge in [0.05, 0.1) is 5.56 Å². The Balaban J connectivity index is 1.48. The van der Waals surface area contributed by atoms with Crippen molar-refractivity contribution in [1.82, 2.24) is 14.8 Å². The van der Waals surface area contributed by atoms with Crippen LogP contribution in [0.4, 0.5) is 0 Å². The molecule has 0 saturated carbocycles. The van der Waals surface area contributed by atoms with Gasteiger partial charge in [0, 0.05) is 38.9 Å². The Hall–Kier alpha value is -2.44. The molecule has 1 unspecified atom stereocenters. The second kappa shape index (κ2) is 8.97. The highest BCUT2D eigenvalue weighted by atomic mass is 35.5. The van der Waals surface area contributed by atoms with E-state index in [0.29, 0.717) is 18.2 Å². The van der Waals surface area contributed by atoms with Gasteiger partial charge in [0.2, 0.25) is 0 Å². The molecule has 1 aliphatic rings. The lowest BCUT2D eigenvalue weighted by molar-refractivity contribution is -0.141. The minimum Gasteiger partial charge on any atom is -0.449 e. The summed E-state index contributed by atoms with van der Waals surface area (Å²) in [6.07, 6.45) is 0.498. The molecule has 2 aromatic rings. The van der Waals surface area contributed by atoms with E-state index < -0.39 is 12.1 Å². The van der Waals surface area contributed by atoms with Crippen LogP contribution in [0.2, 0.25) is 5.15 Å². The lowest BCUT2D eigenvalue weighted by Crippen LogP contribution is -2.51. The normalized spacial score (nSPS) is 16.0. The molecule has 2 heterocycles. The maximum Gasteiger partial charge on any atom is 0.340 e. The quantitative estimate of drug-likeness (QED) is 0.583. The maximum absolute atomic E-state index is 12.6. The molecule has 7 heteroatoms. The first-order chi connectivity index (χ1) is 13.0. The minimum absolute atomic E-state index is 0.176. The molecule has 1 fully saturated rings. The molecule has 0 N–H and O–H groups in total. The number of nitrogens with zero attached hydrogens (tertiary/aromatic N) is 3. The number of hydrogen-bond acceptors (Lipinski definition) is 5. The van der Waals surface area contributed by atoms with Crippen molar-refractivity contribution in [3.05, 3.63) is 64.9 Å². The zero-order chi connectivity index (χ0) is 19.2. The van der Waals surface area contributed by atoms with E-state index in [1.165, 1.54) is 23.9 Å². The number of benzene rings is 1. The molecule has 1 aromatic heterocycles. The molecule has 27 heavy (non-hydrogen) atoms. The molecule has 0 bridgehead atoms. The van der Waals surface area contributed by atoms with Crippen LogP contribution in [0.15, 0.2) is 48.7 Å². The van der Waals surface area contributed by atoms with E-state index in [0.717, 1.165) is 19.6 Å². The first kappa shape index (κ1) is 19.3. The van der Waals surface area contributed by atoms with Gasteiger partial charge in [-0.3, -0.25) is 9.69 Å². The second-order valence-electron chi connectivity index (χ2n) is 6.50. The van der Waals surface area contributed by atoms with E-state index >= 15 is 0 Å². The van der Waals surface area contributed by atoms with Crippen molar-refractivity contribution >= 4 is 23.5 Å². The number of rotatable bonds is 5. The van der Waals surface area contributed by atoms with Gasteiger partial charge in [0.15, 0.2) is 6.10 Å². The molecule has 0 radical (unpaired) electrons. The molecule has 1 amide bonds. The third-order valence-electron chi connectivity index (χ3n) is 4.53. The smallest absolute Gasteiger partial charge is 0.340 e. The first-order valence-electron chi connectivity index (χ1n) is 8.90. The number of ether oxygens (including phenoxy) is 1. The Morgan fingerprint density at radius 1 is 1.11 bits per heavy atom. The number of halogens is 1. The highest BCUT2D eigenvalue weighted by Gasteiger charge is 2.27. The fraction of sp³-hybridized carbons (Fsp3) is 0.350. The third-order valence-corrected chi connectivity index (χ3v) is 4.75. The van der Waals surface area contributed by atoms with E-state index in [4.69, 9.17) is 16.3 Å². The van der Waals surface area contributed by atoms with Gasteiger partial charge in [-0.15, -0.1) is 0 Å². The van der Waals surface area contributed by atoms with Gasteiger partial charge in [-0.1, -0.05) is 41.9 Å². The lowest BCUT2D eigenvalue weighted by Gasteiger charge is -2.35. The Kier molecular flexibility index (Phi) is 6.42. The molecule has 1 aromatic carbocycles. The van der Waals surface area contributed by atoms with Crippen LogP contribution in [0.25, 0.3) is 0 Å². The van der Waals surface area contributed by atoms with Crippen molar-refractivity contribution in [1.29, 1.82) is 0 Å². The SMILES string of the molecule is CC(OC(=O)c1ccc(Cl)nc1)C(=O)N1CCN(Cc2ccccc2)CC1. The molecule has 1 atom stereocenters. The maximum atomic E-state index is 12.6. The lowest BCUT2D eigenvalue weighted by atomic mass is 10.2. The standard InChI is InChI=1S/C20H22ClN3O3/c1-15(27-20(26)17-7-8-18(21)22-13-17)19(25)24-11-9-23(10-12-24)14-16-5-3-2-4-6-16/h2-8,13,15H,9-12,14H2,1H3. The van der Waals surface area contributed by atoms with Crippen molar-refractivity contribution in [2.45, 2.75) is 19.6 Å². The molecule has 6 nitrogen and oxygen atoms in total. The summed E-state index contributed by atoms with van der Waals surface area (Å²) in [6, 6.07) is 13.3. The van der Waals surface area contributed by atoms with Crippen LogP contribution in [-0.2, 0) is 16.1 Å². The van der Waals surface area contributed by atoms with Gasteiger partial charge in [-0.05, 0) is 24.6 Å². The highest BCUT2D eigenvalue weighted by molar-refractivity contribution is 6.29. The van der Waals surface area contributed by atoms with Crippen LogP contribution in [-0.4, -0.2) is 58.9 Å². The summed E-state index contributed by atoms with van der Waals surface area (Å²) in [4.78, 5) is 32.6. The number of pyridine rings is 1. The fourth-order valence-electron chi connectivity index (χ4n) is 3.00. The number of hydrogen-bond donors (Lipinski definition) is 0. The molecule has 1 aliphatic heterocycles. The van der Waals surface area contributed by atoms with E-state index in [1.54, 1.807) is 11.8 Å². The summed E-state index contributed by atoms with van der Waals surface area (Å²) in [5, 5.41) is 0.295. The zero-order valence-electron chi connectivity index (χ0n) is 15.2. The second-order valence-corrected chi connectivity index (χ2v) is 6.89. The number of aromatic nitrogens is 1. The summed E-state index contributed by atoms with van der Waals surface area (Å²) in [5.74, 6) is -0.757. The monoisotopic (exact) mass is 387 g/mol. The number of esters is 1. The van der Waals surface area contributed by atoms with Crippen molar-refractivity contribution in [3.8, 4) is 0 Å². The molecular weight excluding hydrogens is 366 g/mol. The first-order valence-corrected chi connectivity index (χ1v) is 9.28. The zero-order valence-corrected chi connectivity index (χ0v) is 15.9. The molecule has 1 saturated heterocycles. The number of piperazine rings is 1. The summed E-state index contributed by atoms with van der Waals surface area (Å²) in [7, 11) is 0. The summed E-state index contributed by atoms with van der Waals surface area (Å²) in [6.45, 7) is 5.30. The molecule has 0 aliphatic carbocycles. The molecular formula is C20H22ClN3O3. The topological polar surface area (TPSA) is 62.7 Å². The molecule has 3 rings (SSSR count). The average Bonchev–Trinajstić information content (AvgIpc) is 2.69. The highest BCUT2D eigenvalue weighted by Crippen LogP contribution is 2.12. The van der Waals surface area contributed by atoms with Gasteiger partial charge in [-0.25, -0.2) is 9.78 Å². The predicted molar refractivity (Wildman–Crippen MR) is 102 cm³/mol. The van der Waals surface area contributed by atoms with Crippen LogP contribution < -0.4 is 0 Å². The average molecular weight is 388 g/mol. The van der Waals surface area contributed by atoms with Crippen LogP contribution in [0, 0.1) is 0 Å². The van der Waals surface area contributed by atoms with Gasteiger partial charge in [0.1, 0.15) is 5.15 Å². The van der Waals surface area contributed by atoms with Gasteiger partial charge in [-0.2, -0.15) is 0 Å². The summed E-state index contributed by atoms with van der Waals surface area (Å²) >= 11 is 5.71. The van der Waals surface area contributed by atoms with E-state index in [-0.39, 0.29) is 11.5 Å². The Morgan fingerprint density at radius 2 is 1.81 bits per heavy atom. The van der Waals surface area contributed by atoms with Crippen LogP contribution >= 0.6 is 11.6 Å². The van der Waals surface area contributed by atoms with Crippen molar-refractivity contribution in [3.63, 3.8) is 0 Å². The van der Waals surface area contributed by atoms with Gasteiger partial charge in [0.25, 0.3) is 5.91 Å². The number of amides is 1. The van der Waals surface area contributed by atoms with Crippen LogP contribution in [0.5, 0.6) is 0 Å². The van der Waals surface area contributed by atoms with E-state index in [1.807, 2.05) is 18.2 Å². The van der Waals surface area contributed by atoms with Crippen molar-refractivity contribution in [2.24, 2.45) is 0 Å². The van der Waals surface area contributed by atoms with Crippen LogP contribution in [0.3, 0.4) is 0 Å². The number of carbonyl (C=O) groups is 2. The minimum atomic E-state index is -0.839. The van der Waals surface area contributed by atoms with Crippen LogP contribution in [0.1, 0.15) is 22.8 Å². The molecule has 0 spiro atoms. The van der Waals surface area contributed by atoms with Gasteiger partial charge < -0.3 is 9.64 Å². The Bertz CT molecular complexity index is 775. The number of carbonyl (C=O) groups excluding carboxylic acids is 2. The van der Waals surface area contributed by atoms with Gasteiger partial charge >= 0.3 is 5.97 Å². The Morgan fingerprint density at radius 3 is 2.44 bits per heavy atom.